The van der Waals surface area contributed by atoms with Gasteiger partial charge < -0.3 is 5.73 Å². The Morgan fingerprint density at radius 2 is 2.29 bits per heavy atom. The van der Waals surface area contributed by atoms with Gasteiger partial charge in [-0.2, -0.15) is 0 Å². The van der Waals surface area contributed by atoms with Crippen molar-refractivity contribution >= 4 is 0 Å². The van der Waals surface area contributed by atoms with Crippen LogP contribution in [0.25, 0.3) is 0 Å². The Labute approximate surface area is 104 Å². The minimum atomic E-state index is 0.302. The average molecular weight is 233 g/mol. The summed E-state index contributed by atoms with van der Waals surface area (Å²) in [6, 6.07) is 2.36. The molecule has 0 bridgehead atoms. The number of nitrogens with zero attached hydrogens (tertiary/aromatic N) is 2. The van der Waals surface area contributed by atoms with Crippen LogP contribution in [0, 0.1) is 18.8 Å². The molecule has 3 unspecified atom stereocenters. The Balaban J connectivity index is 2.07. The molecule has 1 aromatic heterocycles. The van der Waals surface area contributed by atoms with Crippen molar-refractivity contribution in [1.29, 1.82) is 0 Å². The normalized spacial score (nSPS) is 25.0. The summed E-state index contributed by atoms with van der Waals surface area (Å²) in [6.07, 6.45) is 5.17. The lowest BCUT2D eigenvalue weighted by Crippen LogP contribution is -2.32. The van der Waals surface area contributed by atoms with Crippen molar-refractivity contribution in [2.24, 2.45) is 17.6 Å². The lowest BCUT2D eigenvalue weighted by molar-refractivity contribution is 0.236. The Bertz CT molecular complexity index is 377. The molecule has 2 rings (SSSR count). The second kappa shape index (κ2) is 5.15. The SMILES string of the molecule is Cc1ccncc1C(CN)N(C)CC1CC1C. The average Bonchev–Trinajstić information content (AvgIpc) is 2.98. The molecule has 1 saturated carbocycles. The van der Waals surface area contributed by atoms with Crippen LogP contribution in [0.3, 0.4) is 0 Å². The van der Waals surface area contributed by atoms with E-state index in [1.165, 1.54) is 17.5 Å². The molecule has 3 nitrogen and oxygen atoms in total. The van der Waals surface area contributed by atoms with Gasteiger partial charge in [-0.15, -0.1) is 0 Å². The summed E-state index contributed by atoms with van der Waals surface area (Å²) in [5.41, 5.74) is 8.49. The predicted molar refractivity (Wildman–Crippen MR) is 70.7 cm³/mol. The van der Waals surface area contributed by atoms with Gasteiger partial charge in [-0.3, -0.25) is 9.88 Å². The first kappa shape index (κ1) is 12.5. The van der Waals surface area contributed by atoms with Crippen LogP contribution in [0.15, 0.2) is 18.5 Å². The summed E-state index contributed by atoms with van der Waals surface area (Å²) in [6.45, 7) is 6.26. The van der Waals surface area contributed by atoms with Gasteiger partial charge in [0.1, 0.15) is 0 Å². The van der Waals surface area contributed by atoms with Gasteiger partial charge in [0.05, 0.1) is 0 Å². The van der Waals surface area contributed by atoms with Crippen LogP contribution in [0.5, 0.6) is 0 Å². The topological polar surface area (TPSA) is 42.1 Å². The van der Waals surface area contributed by atoms with Gasteiger partial charge in [-0.05, 0) is 49.4 Å². The molecule has 1 heterocycles. The van der Waals surface area contributed by atoms with Crippen LogP contribution in [-0.4, -0.2) is 30.0 Å². The molecule has 1 aromatic rings. The van der Waals surface area contributed by atoms with Crippen LogP contribution < -0.4 is 5.73 Å². The quantitative estimate of drug-likeness (QED) is 0.845. The minimum absolute atomic E-state index is 0.302. The Kier molecular flexibility index (Phi) is 3.79. The number of aromatic nitrogens is 1. The van der Waals surface area contributed by atoms with Gasteiger partial charge in [-0.25, -0.2) is 0 Å². The standard InChI is InChI=1S/C14H23N3/c1-10-4-5-16-8-13(10)14(7-15)17(3)9-12-6-11(12)2/h4-5,8,11-12,14H,6-7,9,15H2,1-3H3. The zero-order valence-electron chi connectivity index (χ0n) is 11.1. The fourth-order valence-corrected chi connectivity index (χ4v) is 2.52. The molecule has 0 aromatic carbocycles. The van der Waals surface area contributed by atoms with Gasteiger partial charge >= 0.3 is 0 Å². The molecule has 1 fully saturated rings. The van der Waals surface area contributed by atoms with Gasteiger partial charge in [0, 0.05) is 31.5 Å². The van der Waals surface area contributed by atoms with E-state index in [1.54, 1.807) is 0 Å². The fourth-order valence-electron chi connectivity index (χ4n) is 2.52. The highest BCUT2D eigenvalue weighted by molar-refractivity contribution is 5.25. The second-order valence-corrected chi connectivity index (χ2v) is 5.40. The lowest BCUT2D eigenvalue weighted by atomic mass is 10.0. The predicted octanol–water partition coefficient (Wildman–Crippen LogP) is 1.98. The summed E-state index contributed by atoms with van der Waals surface area (Å²) in [7, 11) is 2.18. The van der Waals surface area contributed by atoms with Crippen LogP contribution in [0.4, 0.5) is 0 Å². The van der Waals surface area contributed by atoms with E-state index in [9.17, 15) is 0 Å². The van der Waals surface area contributed by atoms with Crippen molar-refractivity contribution in [2.45, 2.75) is 26.3 Å². The summed E-state index contributed by atoms with van der Waals surface area (Å²) in [5, 5.41) is 0. The third-order valence-electron chi connectivity index (χ3n) is 3.99. The molecule has 0 spiro atoms. The van der Waals surface area contributed by atoms with Gasteiger partial charge in [-0.1, -0.05) is 6.92 Å². The van der Waals surface area contributed by atoms with E-state index in [0.717, 1.165) is 18.4 Å². The Morgan fingerprint density at radius 1 is 1.59 bits per heavy atom. The highest BCUT2D eigenvalue weighted by atomic mass is 15.1. The number of rotatable bonds is 5. The third kappa shape index (κ3) is 2.85. The zero-order chi connectivity index (χ0) is 12.4. The molecule has 1 aliphatic carbocycles. The number of nitrogens with two attached hydrogens (primary N) is 1. The maximum absolute atomic E-state index is 5.94. The van der Waals surface area contributed by atoms with Gasteiger partial charge in [0.15, 0.2) is 0 Å². The maximum Gasteiger partial charge on any atom is 0.0485 e. The first-order valence-corrected chi connectivity index (χ1v) is 6.44. The zero-order valence-corrected chi connectivity index (χ0v) is 11.1. The molecular formula is C14H23N3. The summed E-state index contributed by atoms with van der Waals surface area (Å²) in [4.78, 5) is 6.61. The van der Waals surface area contributed by atoms with Crippen molar-refractivity contribution in [3.8, 4) is 0 Å². The first-order chi connectivity index (χ1) is 8.13. The van der Waals surface area contributed by atoms with Crippen molar-refractivity contribution in [2.75, 3.05) is 20.1 Å². The molecule has 0 amide bonds. The first-order valence-electron chi connectivity index (χ1n) is 6.44. The third-order valence-corrected chi connectivity index (χ3v) is 3.99. The number of hydrogen-bond acceptors (Lipinski definition) is 3. The minimum Gasteiger partial charge on any atom is -0.329 e. The summed E-state index contributed by atoms with van der Waals surface area (Å²) >= 11 is 0. The summed E-state index contributed by atoms with van der Waals surface area (Å²) in [5.74, 6) is 1.76. The van der Waals surface area contributed by atoms with Crippen molar-refractivity contribution in [3.63, 3.8) is 0 Å². The van der Waals surface area contributed by atoms with Crippen LogP contribution in [0.1, 0.15) is 30.5 Å². The molecule has 0 saturated heterocycles. The van der Waals surface area contributed by atoms with E-state index in [2.05, 4.69) is 36.8 Å². The highest BCUT2D eigenvalue weighted by Gasteiger charge is 2.34. The van der Waals surface area contributed by atoms with E-state index in [0.29, 0.717) is 12.6 Å². The lowest BCUT2D eigenvalue weighted by Gasteiger charge is -2.28. The molecule has 17 heavy (non-hydrogen) atoms. The second-order valence-electron chi connectivity index (χ2n) is 5.40. The molecule has 3 atom stereocenters. The largest absolute Gasteiger partial charge is 0.329 e. The molecule has 3 heteroatoms. The highest BCUT2D eigenvalue weighted by Crippen LogP contribution is 2.39. The number of pyridine rings is 1. The van der Waals surface area contributed by atoms with Crippen molar-refractivity contribution < 1.29 is 0 Å². The number of likely N-dealkylation sites (N-methyl/N-ethyl adjacent to an activating group) is 1. The van der Waals surface area contributed by atoms with Crippen molar-refractivity contribution in [1.82, 2.24) is 9.88 Å². The molecule has 94 valence electrons. The molecule has 1 aliphatic rings. The Morgan fingerprint density at radius 3 is 2.82 bits per heavy atom. The van der Waals surface area contributed by atoms with E-state index in [4.69, 9.17) is 5.73 Å². The smallest absolute Gasteiger partial charge is 0.0485 e. The molecular weight excluding hydrogens is 210 g/mol. The van der Waals surface area contributed by atoms with Crippen LogP contribution in [-0.2, 0) is 0 Å². The van der Waals surface area contributed by atoms with Crippen molar-refractivity contribution in [3.05, 3.63) is 29.6 Å². The summed E-state index contributed by atoms with van der Waals surface area (Å²) < 4.78 is 0. The van der Waals surface area contributed by atoms with E-state index in [-0.39, 0.29) is 0 Å². The number of aryl methyl sites for hydroxylation is 1. The molecule has 2 N–H and O–H groups in total. The molecule has 0 aliphatic heterocycles. The van der Waals surface area contributed by atoms with Crippen LogP contribution in [0.2, 0.25) is 0 Å². The monoisotopic (exact) mass is 233 g/mol. The number of hydrogen-bond donors (Lipinski definition) is 1. The van der Waals surface area contributed by atoms with E-state index in [1.807, 2.05) is 12.4 Å². The van der Waals surface area contributed by atoms with E-state index >= 15 is 0 Å². The van der Waals surface area contributed by atoms with Gasteiger partial charge in [0.25, 0.3) is 0 Å². The fraction of sp³-hybridized carbons (Fsp3) is 0.643. The van der Waals surface area contributed by atoms with Gasteiger partial charge in [0.2, 0.25) is 0 Å². The van der Waals surface area contributed by atoms with E-state index < -0.39 is 0 Å². The van der Waals surface area contributed by atoms with Crippen LogP contribution >= 0.6 is 0 Å². The Hall–Kier alpha value is -0.930. The maximum atomic E-state index is 5.94. The molecule has 0 radical (unpaired) electrons.